The van der Waals surface area contributed by atoms with Gasteiger partial charge in [0.05, 0.1) is 0 Å². The fourth-order valence-electron chi connectivity index (χ4n) is 2.62. The van der Waals surface area contributed by atoms with Gasteiger partial charge in [-0.1, -0.05) is 19.4 Å². The van der Waals surface area contributed by atoms with Crippen LogP contribution in [0.1, 0.15) is 26.2 Å². The molecule has 0 aliphatic heterocycles. The van der Waals surface area contributed by atoms with Crippen LogP contribution in [0.25, 0.3) is 0 Å². The summed E-state index contributed by atoms with van der Waals surface area (Å²) in [5, 5.41) is 3.13. The summed E-state index contributed by atoms with van der Waals surface area (Å²) in [5.74, 6) is -0.504. The van der Waals surface area contributed by atoms with Crippen molar-refractivity contribution in [3.8, 4) is 0 Å². The van der Waals surface area contributed by atoms with Crippen LogP contribution < -0.4 is 11.1 Å². The Labute approximate surface area is 100 Å². The number of hydrogen-bond donors (Lipinski definition) is 2. The van der Waals surface area contributed by atoms with E-state index in [0.29, 0.717) is 12.1 Å². The molecule has 0 bridgehead atoms. The first-order valence-corrected chi connectivity index (χ1v) is 5.88. The molecule has 92 valence electrons. The van der Waals surface area contributed by atoms with Crippen molar-refractivity contribution in [1.29, 1.82) is 0 Å². The molecule has 0 spiro atoms. The Morgan fingerprint density at radius 1 is 1.59 bits per heavy atom. The van der Waals surface area contributed by atoms with E-state index in [0.717, 1.165) is 12.8 Å². The van der Waals surface area contributed by atoms with Crippen LogP contribution in [0, 0.1) is 11.7 Å². The Balaban J connectivity index is 2.28. The number of rotatable bonds is 3. The summed E-state index contributed by atoms with van der Waals surface area (Å²) in [6.45, 7) is 2.00. The number of nitrogens with two attached hydrogens (primary N) is 1. The Hall–Kier alpha value is -1.58. The van der Waals surface area contributed by atoms with E-state index in [4.69, 9.17) is 5.73 Å². The molecular weight excluding hydrogens is 219 g/mol. The topological polar surface area (TPSA) is 55.1 Å². The molecule has 2 rings (SSSR count). The van der Waals surface area contributed by atoms with E-state index >= 15 is 0 Å². The quantitative estimate of drug-likeness (QED) is 0.846. The van der Waals surface area contributed by atoms with E-state index in [1.54, 1.807) is 12.1 Å². The Morgan fingerprint density at radius 2 is 2.35 bits per heavy atom. The maximum atomic E-state index is 13.1. The van der Waals surface area contributed by atoms with Gasteiger partial charge in [0.15, 0.2) is 0 Å². The molecule has 1 aliphatic carbocycles. The summed E-state index contributed by atoms with van der Waals surface area (Å²) in [7, 11) is 0. The second-order valence-corrected chi connectivity index (χ2v) is 4.76. The fraction of sp³-hybridized carbons (Fsp3) is 0.462. The molecule has 2 atom stereocenters. The molecule has 1 aromatic carbocycles. The molecule has 0 aromatic heterocycles. The number of carbonyl (C=O) groups is 1. The van der Waals surface area contributed by atoms with Gasteiger partial charge in [0.2, 0.25) is 5.91 Å². The second-order valence-electron chi connectivity index (χ2n) is 4.76. The molecule has 0 radical (unpaired) electrons. The largest absolute Gasteiger partial charge is 0.371 e. The lowest BCUT2D eigenvalue weighted by Gasteiger charge is -2.32. The Kier molecular flexibility index (Phi) is 3.05. The molecule has 0 saturated heterocycles. The first-order valence-electron chi connectivity index (χ1n) is 5.88. The van der Waals surface area contributed by atoms with E-state index in [1.807, 2.05) is 6.92 Å². The number of benzene rings is 1. The first-order chi connectivity index (χ1) is 8.04. The van der Waals surface area contributed by atoms with Gasteiger partial charge in [-0.25, -0.2) is 4.39 Å². The zero-order valence-corrected chi connectivity index (χ0v) is 9.87. The standard InChI is InChI=1S/C13H17FN2O/c1-9-4-3-7-13(9,12(15)17)16-11-6-2-5-10(14)8-11/h2,5-6,8-9,16H,3-4,7H2,1H3,(H2,15,17). The minimum absolute atomic E-state index is 0.170. The summed E-state index contributed by atoms with van der Waals surface area (Å²) < 4.78 is 13.1. The van der Waals surface area contributed by atoms with Crippen LogP contribution in [-0.2, 0) is 4.79 Å². The maximum absolute atomic E-state index is 13.1. The van der Waals surface area contributed by atoms with Gasteiger partial charge >= 0.3 is 0 Å². The van der Waals surface area contributed by atoms with Crippen molar-refractivity contribution in [1.82, 2.24) is 0 Å². The summed E-state index contributed by atoms with van der Waals surface area (Å²) in [4.78, 5) is 11.7. The molecule has 1 aliphatic rings. The van der Waals surface area contributed by atoms with Gasteiger partial charge in [-0.2, -0.15) is 0 Å². The molecule has 4 heteroatoms. The third kappa shape index (κ3) is 2.12. The molecule has 1 aromatic rings. The van der Waals surface area contributed by atoms with Gasteiger partial charge in [-0.15, -0.1) is 0 Å². The summed E-state index contributed by atoms with van der Waals surface area (Å²) in [6.07, 6.45) is 2.64. The monoisotopic (exact) mass is 236 g/mol. The fourth-order valence-corrected chi connectivity index (χ4v) is 2.62. The highest BCUT2D eigenvalue weighted by molar-refractivity contribution is 5.88. The maximum Gasteiger partial charge on any atom is 0.243 e. The lowest BCUT2D eigenvalue weighted by atomic mass is 9.87. The summed E-state index contributed by atoms with van der Waals surface area (Å²) in [5.41, 5.74) is 5.39. The minimum Gasteiger partial charge on any atom is -0.371 e. The van der Waals surface area contributed by atoms with Crippen molar-refractivity contribution < 1.29 is 9.18 Å². The van der Waals surface area contributed by atoms with Gasteiger partial charge in [0.1, 0.15) is 11.4 Å². The van der Waals surface area contributed by atoms with Crippen LogP contribution in [0.5, 0.6) is 0 Å². The highest BCUT2D eigenvalue weighted by Gasteiger charge is 2.45. The van der Waals surface area contributed by atoms with Gasteiger partial charge in [0.25, 0.3) is 0 Å². The molecule has 1 fully saturated rings. The Bertz CT molecular complexity index is 435. The van der Waals surface area contributed by atoms with Crippen LogP contribution in [0.3, 0.4) is 0 Å². The highest BCUT2D eigenvalue weighted by atomic mass is 19.1. The average Bonchev–Trinajstić information content (AvgIpc) is 2.61. The summed E-state index contributed by atoms with van der Waals surface area (Å²) >= 11 is 0. The van der Waals surface area contributed by atoms with Gasteiger partial charge in [-0.05, 0) is 37.0 Å². The van der Waals surface area contributed by atoms with E-state index in [2.05, 4.69) is 5.32 Å². The molecule has 0 heterocycles. The number of primary amides is 1. The van der Waals surface area contributed by atoms with E-state index in [-0.39, 0.29) is 17.6 Å². The summed E-state index contributed by atoms with van der Waals surface area (Å²) in [6, 6.07) is 6.13. The second kappa shape index (κ2) is 4.35. The van der Waals surface area contributed by atoms with Crippen LogP contribution >= 0.6 is 0 Å². The molecular formula is C13H17FN2O. The van der Waals surface area contributed by atoms with Crippen molar-refractivity contribution in [2.75, 3.05) is 5.32 Å². The average molecular weight is 236 g/mol. The van der Waals surface area contributed by atoms with Gasteiger partial charge < -0.3 is 11.1 Å². The minimum atomic E-state index is -0.728. The predicted octanol–water partition coefficient (Wildman–Crippen LogP) is 2.28. The smallest absolute Gasteiger partial charge is 0.243 e. The number of carbonyl (C=O) groups excluding carboxylic acids is 1. The predicted molar refractivity (Wildman–Crippen MR) is 65.0 cm³/mol. The highest BCUT2D eigenvalue weighted by Crippen LogP contribution is 2.38. The van der Waals surface area contributed by atoms with E-state index in [1.165, 1.54) is 12.1 Å². The van der Waals surface area contributed by atoms with E-state index in [9.17, 15) is 9.18 Å². The lowest BCUT2D eigenvalue weighted by molar-refractivity contribution is -0.123. The number of hydrogen-bond acceptors (Lipinski definition) is 2. The molecule has 2 unspecified atom stereocenters. The first kappa shape index (κ1) is 11.9. The van der Waals surface area contributed by atoms with Crippen LogP contribution in [0.2, 0.25) is 0 Å². The molecule has 1 saturated carbocycles. The van der Waals surface area contributed by atoms with Crippen molar-refractivity contribution in [2.24, 2.45) is 11.7 Å². The zero-order chi connectivity index (χ0) is 12.5. The molecule has 1 amide bonds. The molecule has 3 N–H and O–H groups in total. The molecule has 3 nitrogen and oxygen atoms in total. The number of nitrogens with one attached hydrogen (secondary N) is 1. The van der Waals surface area contributed by atoms with Crippen molar-refractivity contribution in [2.45, 2.75) is 31.7 Å². The number of amides is 1. The van der Waals surface area contributed by atoms with Crippen LogP contribution in [-0.4, -0.2) is 11.4 Å². The van der Waals surface area contributed by atoms with Crippen LogP contribution in [0.15, 0.2) is 24.3 Å². The molecule has 17 heavy (non-hydrogen) atoms. The van der Waals surface area contributed by atoms with Crippen molar-refractivity contribution in [3.05, 3.63) is 30.1 Å². The van der Waals surface area contributed by atoms with Crippen molar-refractivity contribution in [3.63, 3.8) is 0 Å². The van der Waals surface area contributed by atoms with Crippen molar-refractivity contribution >= 4 is 11.6 Å². The normalized spacial score (nSPS) is 28.0. The number of anilines is 1. The SMILES string of the molecule is CC1CCCC1(Nc1cccc(F)c1)C(N)=O. The van der Waals surface area contributed by atoms with Crippen LogP contribution in [0.4, 0.5) is 10.1 Å². The van der Waals surface area contributed by atoms with Gasteiger partial charge in [-0.3, -0.25) is 4.79 Å². The zero-order valence-electron chi connectivity index (χ0n) is 9.87. The van der Waals surface area contributed by atoms with Gasteiger partial charge in [0, 0.05) is 5.69 Å². The third-order valence-electron chi connectivity index (χ3n) is 3.68. The Morgan fingerprint density at radius 3 is 2.88 bits per heavy atom. The lowest BCUT2D eigenvalue weighted by Crippen LogP contribution is -2.52. The number of halogens is 1. The third-order valence-corrected chi connectivity index (χ3v) is 3.68. The van der Waals surface area contributed by atoms with E-state index < -0.39 is 5.54 Å².